The maximum atomic E-state index is 13.4. The molecule has 1 aliphatic rings. The lowest BCUT2D eigenvalue weighted by Crippen LogP contribution is -2.49. The number of aromatic nitrogens is 1. The lowest BCUT2D eigenvalue weighted by molar-refractivity contribution is 0.0812. The van der Waals surface area contributed by atoms with Gasteiger partial charge in [-0.15, -0.1) is 0 Å². The Labute approximate surface area is 184 Å². The first-order valence-corrected chi connectivity index (χ1v) is 11.7. The van der Waals surface area contributed by atoms with E-state index in [9.17, 15) is 13.5 Å². The van der Waals surface area contributed by atoms with Crippen LogP contribution in [0.5, 0.6) is 5.75 Å². The van der Waals surface area contributed by atoms with Gasteiger partial charge in [-0.3, -0.25) is 4.98 Å². The summed E-state index contributed by atoms with van der Waals surface area (Å²) < 4.78 is 34.5. The third-order valence-corrected chi connectivity index (χ3v) is 7.24. The van der Waals surface area contributed by atoms with Crippen LogP contribution in [0.1, 0.15) is 25.0 Å². The average molecular weight is 444 g/mol. The number of likely N-dealkylation sites (N-methyl/N-ethyl adjacent to an activating group) is 1. The van der Waals surface area contributed by atoms with Crippen molar-refractivity contribution in [2.45, 2.75) is 30.9 Å². The van der Waals surface area contributed by atoms with Crippen LogP contribution in [0.4, 0.5) is 0 Å². The molecule has 0 aliphatic carbocycles. The molecule has 0 saturated carbocycles. The number of hydrogen-bond acceptors (Lipinski definition) is 6. The molecule has 1 N–H and O–H groups in total. The van der Waals surface area contributed by atoms with E-state index in [1.165, 1.54) is 10.4 Å². The van der Waals surface area contributed by atoms with E-state index in [4.69, 9.17) is 4.74 Å². The third kappa shape index (κ3) is 5.43. The highest BCUT2D eigenvalue weighted by Gasteiger charge is 2.37. The number of rotatable bonds is 4. The standard InChI is InChI=1S/C23H29N3O4S/c1-17-14-26(18(2)16-27)31(28,29)23-10-9-19(7-8-20-6-5-11-24-13-20)12-21(23)30-22(17)15-25(3)4/h5-6,9-13,17-18,22,27H,14-16H2,1-4H3/t17-,18-,22-/m0/s1. The van der Waals surface area contributed by atoms with Gasteiger partial charge in [0, 0.05) is 48.6 Å². The highest BCUT2D eigenvalue weighted by atomic mass is 32.2. The molecule has 0 unspecified atom stereocenters. The van der Waals surface area contributed by atoms with E-state index >= 15 is 0 Å². The zero-order valence-corrected chi connectivity index (χ0v) is 19.1. The van der Waals surface area contributed by atoms with Gasteiger partial charge < -0.3 is 14.7 Å². The first-order chi connectivity index (χ1) is 14.7. The van der Waals surface area contributed by atoms with E-state index in [2.05, 4.69) is 16.8 Å². The maximum absolute atomic E-state index is 13.4. The lowest BCUT2D eigenvalue weighted by Gasteiger charge is -2.37. The maximum Gasteiger partial charge on any atom is 0.247 e. The Morgan fingerprint density at radius 3 is 2.68 bits per heavy atom. The zero-order chi connectivity index (χ0) is 22.6. The lowest BCUT2D eigenvalue weighted by atomic mass is 10.0. The summed E-state index contributed by atoms with van der Waals surface area (Å²) >= 11 is 0. The second-order valence-electron chi connectivity index (χ2n) is 8.16. The molecule has 1 aromatic heterocycles. The van der Waals surface area contributed by atoms with Crippen molar-refractivity contribution >= 4 is 10.0 Å². The minimum atomic E-state index is -3.85. The van der Waals surface area contributed by atoms with Gasteiger partial charge in [0.25, 0.3) is 0 Å². The van der Waals surface area contributed by atoms with Crippen molar-refractivity contribution in [3.8, 4) is 17.6 Å². The Balaban J connectivity index is 2.08. The molecule has 2 aromatic rings. The molecule has 8 heteroatoms. The van der Waals surface area contributed by atoms with Crippen LogP contribution in [-0.2, 0) is 10.0 Å². The summed E-state index contributed by atoms with van der Waals surface area (Å²) in [6, 6.07) is 8.03. The van der Waals surface area contributed by atoms with Crippen molar-refractivity contribution in [1.29, 1.82) is 0 Å². The molecule has 0 amide bonds. The Morgan fingerprint density at radius 1 is 1.29 bits per heavy atom. The van der Waals surface area contributed by atoms with E-state index < -0.39 is 16.1 Å². The first-order valence-electron chi connectivity index (χ1n) is 10.2. The Morgan fingerprint density at radius 2 is 2.03 bits per heavy atom. The molecule has 0 radical (unpaired) electrons. The molecular formula is C23H29N3O4S. The molecule has 7 nitrogen and oxygen atoms in total. The van der Waals surface area contributed by atoms with Crippen molar-refractivity contribution in [2.75, 3.05) is 33.8 Å². The van der Waals surface area contributed by atoms with E-state index in [0.29, 0.717) is 12.1 Å². The monoisotopic (exact) mass is 443 g/mol. The average Bonchev–Trinajstić information content (AvgIpc) is 2.74. The molecule has 0 fully saturated rings. The van der Waals surface area contributed by atoms with Crippen molar-refractivity contribution in [3.05, 3.63) is 53.9 Å². The highest BCUT2D eigenvalue weighted by molar-refractivity contribution is 7.89. The molecule has 2 heterocycles. The van der Waals surface area contributed by atoms with Crippen molar-refractivity contribution in [2.24, 2.45) is 5.92 Å². The summed E-state index contributed by atoms with van der Waals surface area (Å²) in [6.07, 6.45) is 3.13. The van der Waals surface area contributed by atoms with Crippen LogP contribution in [0.25, 0.3) is 0 Å². The molecular weight excluding hydrogens is 414 g/mol. The van der Waals surface area contributed by atoms with Gasteiger partial charge in [-0.1, -0.05) is 18.8 Å². The van der Waals surface area contributed by atoms with Crippen molar-refractivity contribution in [3.63, 3.8) is 0 Å². The number of nitrogens with zero attached hydrogens (tertiary/aromatic N) is 3. The van der Waals surface area contributed by atoms with Gasteiger partial charge in [-0.05, 0) is 51.4 Å². The van der Waals surface area contributed by atoms with Gasteiger partial charge in [-0.2, -0.15) is 4.31 Å². The fourth-order valence-corrected chi connectivity index (χ4v) is 5.29. The quantitative estimate of drug-likeness (QED) is 0.726. The Kier molecular flexibility index (Phi) is 7.34. The van der Waals surface area contributed by atoms with Crippen LogP contribution < -0.4 is 4.74 Å². The number of aliphatic hydroxyl groups excluding tert-OH is 1. The van der Waals surface area contributed by atoms with Gasteiger partial charge in [0.05, 0.1) is 6.61 Å². The molecule has 166 valence electrons. The van der Waals surface area contributed by atoms with Crippen molar-refractivity contribution < 1.29 is 18.3 Å². The fourth-order valence-electron chi connectivity index (χ4n) is 3.46. The minimum Gasteiger partial charge on any atom is -0.487 e. The van der Waals surface area contributed by atoms with Crippen LogP contribution in [0.2, 0.25) is 0 Å². The first kappa shape index (κ1) is 23.2. The number of sulfonamides is 1. The Hall–Kier alpha value is -2.44. The summed E-state index contributed by atoms with van der Waals surface area (Å²) in [5.74, 6) is 6.30. The predicted octanol–water partition coefficient (Wildman–Crippen LogP) is 1.81. The smallest absolute Gasteiger partial charge is 0.247 e. The number of ether oxygens (including phenoxy) is 1. The van der Waals surface area contributed by atoms with E-state index in [1.54, 1.807) is 31.5 Å². The fraction of sp³-hybridized carbons (Fsp3) is 0.435. The number of hydrogen-bond donors (Lipinski definition) is 1. The molecule has 1 aromatic carbocycles. The number of aliphatic hydroxyl groups is 1. The molecule has 3 rings (SSSR count). The number of benzene rings is 1. The van der Waals surface area contributed by atoms with E-state index in [1.807, 2.05) is 38.1 Å². The topological polar surface area (TPSA) is 83.0 Å². The summed E-state index contributed by atoms with van der Waals surface area (Å²) in [5.41, 5.74) is 1.42. The molecule has 3 atom stereocenters. The second kappa shape index (κ2) is 9.79. The number of fused-ring (bicyclic) bond motifs is 1. The van der Waals surface area contributed by atoms with Crippen LogP contribution in [0.15, 0.2) is 47.6 Å². The summed E-state index contributed by atoms with van der Waals surface area (Å²) in [7, 11) is 0.0634. The molecule has 1 aliphatic heterocycles. The minimum absolute atomic E-state index is 0.0792. The molecule has 31 heavy (non-hydrogen) atoms. The molecule has 0 saturated heterocycles. The van der Waals surface area contributed by atoms with Crippen LogP contribution >= 0.6 is 0 Å². The summed E-state index contributed by atoms with van der Waals surface area (Å²) in [6.45, 7) is 4.33. The van der Waals surface area contributed by atoms with Gasteiger partial charge in [0.2, 0.25) is 10.0 Å². The number of pyridine rings is 1. The zero-order valence-electron chi connectivity index (χ0n) is 18.3. The van der Waals surface area contributed by atoms with E-state index in [-0.39, 0.29) is 35.8 Å². The summed E-state index contributed by atoms with van der Waals surface area (Å²) in [4.78, 5) is 6.16. The van der Waals surface area contributed by atoms with Gasteiger partial charge >= 0.3 is 0 Å². The molecule has 0 bridgehead atoms. The summed E-state index contributed by atoms with van der Waals surface area (Å²) in [5, 5.41) is 9.68. The largest absolute Gasteiger partial charge is 0.487 e. The Bertz CT molecular complexity index is 1060. The van der Waals surface area contributed by atoms with E-state index in [0.717, 1.165) is 5.56 Å². The van der Waals surface area contributed by atoms with Crippen LogP contribution in [0, 0.1) is 17.8 Å². The second-order valence-corrected chi connectivity index (χ2v) is 10.0. The third-order valence-electron chi connectivity index (χ3n) is 5.22. The van der Waals surface area contributed by atoms with Crippen LogP contribution in [0.3, 0.4) is 0 Å². The predicted molar refractivity (Wildman–Crippen MR) is 119 cm³/mol. The highest BCUT2D eigenvalue weighted by Crippen LogP contribution is 2.34. The van der Waals surface area contributed by atoms with Crippen molar-refractivity contribution in [1.82, 2.24) is 14.2 Å². The van der Waals surface area contributed by atoms with Gasteiger partial charge in [0.15, 0.2) is 0 Å². The van der Waals surface area contributed by atoms with Gasteiger partial charge in [-0.25, -0.2) is 8.42 Å². The molecule has 0 spiro atoms. The van der Waals surface area contributed by atoms with Gasteiger partial charge in [0.1, 0.15) is 16.7 Å². The van der Waals surface area contributed by atoms with Crippen LogP contribution in [-0.4, -0.2) is 73.7 Å². The SMILES string of the molecule is C[C@H]1CN([C@@H](C)CO)S(=O)(=O)c2ccc(C#Cc3cccnc3)cc2O[C@H]1CN(C)C. The normalized spacial score (nSPS) is 21.7.